The molecule has 1 atom stereocenters. The molecule has 0 aliphatic rings. The first-order chi connectivity index (χ1) is 70.9. The zero-order valence-electron chi connectivity index (χ0n) is 95.7. The van der Waals surface area contributed by atoms with E-state index >= 15 is 4.79 Å². The monoisotopic (exact) mass is 2040 g/mol. The van der Waals surface area contributed by atoms with Crippen LogP contribution in [-0.2, 0) is 4.79 Å². The first-order valence-corrected chi connectivity index (χ1v) is 57.8. The van der Waals surface area contributed by atoms with Gasteiger partial charge in [-0.05, 0) is 252 Å². The molecule has 5 nitrogen and oxygen atoms in total. The van der Waals surface area contributed by atoms with E-state index in [1.807, 2.05) is 0 Å². The van der Waals surface area contributed by atoms with E-state index in [9.17, 15) is 8.98 Å². The van der Waals surface area contributed by atoms with Gasteiger partial charge in [-0.15, -0.1) is 0 Å². The van der Waals surface area contributed by atoms with Gasteiger partial charge in [0.25, 0.3) is 0 Å². The zero-order valence-corrected chi connectivity index (χ0v) is 97.4. The van der Waals surface area contributed by atoms with Crippen LogP contribution in [0.3, 0.4) is 0 Å². The average Bonchev–Trinajstić information content (AvgIpc) is 0.754. The Labute approximate surface area is 902 Å². The van der Waals surface area contributed by atoms with Gasteiger partial charge in [-0.3, -0.25) is 0 Å². The Bertz CT molecular complexity index is 6090. The van der Waals surface area contributed by atoms with Gasteiger partial charge in [0, 0.05) is 0 Å². The van der Waals surface area contributed by atoms with Crippen molar-refractivity contribution in [3.63, 3.8) is 0 Å². The molecule has 0 saturated carbocycles. The maximum absolute atomic E-state index is 17.8. The molecule has 6 heteroatoms. The van der Waals surface area contributed by atoms with E-state index in [-0.39, 0.29) is 100 Å². The number of benzene rings is 15. The molecule has 15 aromatic rings. The average molecular weight is 2040 g/mol. The molecule has 0 saturated heterocycles. The van der Waals surface area contributed by atoms with Crippen molar-refractivity contribution in [2.24, 2.45) is 0 Å². The van der Waals surface area contributed by atoms with Crippen LogP contribution in [0.2, 0.25) is 5.32 Å². The van der Waals surface area contributed by atoms with E-state index in [1.165, 1.54) is 134 Å². The fourth-order valence-corrected chi connectivity index (χ4v) is 24.4. The van der Waals surface area contributed by atoms with Gasteiger partial charge in [-0.1, -0.05) is 367 Å². The summed E-state index contributed by atoms with van der Waals surface area (Å²) in [6.45, 7) is 74.8. The molecule has 2 amide bonds. The summed E-state index contributed by atoms with van der Waals surface area (Å²) in [7, 11) is 1.62. The quantitative estimate of drug-likeness (QED) is 0.0346. The molecule has 0 fully saturated rings. The molecule has 0 aliphatic carbocycles. The van der Waals surface area contributed by atoms with Gasteiger partial charge >= 0.3 is 290 Å². The van der Waals surface area contributed by atoms with E-state index in [2.05, 4.69) is 505 Å². The van der Waals surface area contributed by atoms with Crippen LogP contribution < -0.4 is 10.6 Å². The molecule has 772 valence electrons. The molecule has 0 heterocycles. The summed E-state index contributed by atoms with van der Waals surface area (Å²) in [5.41, 5.74) is 51.4. The first-order valence-electron chi connectivity index (χ1n) is 55.8. The van der Waals surface area contributed by atoms with Crippen molar-refractivity contribution in [3.8, 4) is 156 Å². The van der Waals surface area contributed by atoms with Gasteiger partial charge in [0.2, 0.25) is 0 Å². The summed E-state index contributed by atoms with van der Waals surface area (Å²) in [5, 5.41) is 6.39. The number of likely N-dealkylation sites (N-methyl/N-ethyl adjacent to an activating group) is 1. The number of nitrogens with one attached hydrogen (secondary N) is 2. The fraction of sp³-hybridized carbons (Fsp3) is 0.357. The van der Waals surface area contributed by atoms with Crippen molar-refractivity contribution in [2.45, 2.75) is 328 Å². The minimum atomic E-state index is -1.10. The van der Waals surface area contributed by atoms with E-state index < -0.39 is 33.1 Å². The second kappa shape index (κ2) is 47.1. The molecule has 149 heavy (non-hydrogen) atoms. The van der Waals surface area contributed by atoms with Crippen LogP contribution in [0.15, 0.2) is 273 Å². The van der Waals surface area contributed by atoms with Gasteiger partial charge in [0.1, 0.15) is 0 Å². The van der Waals surface area contributed by atoms with Crippen LogP contribution in [0.4, 0.5) is 0 Å². The second-order valence-electron chi connectivity index (χ2n) is 47.4. The zero-order chi connectivity index (χ0) is 108. The number of hydrogen-bond donors (Lipinski definition) is 3. The van der Waals surface area contributed by atoms with E-state index in [4.69, 9.17) is 0 Å². The Kier molecular flexibility index (Phi) is 35.0. The van der Waals surface area contributed by atoms with Crippen molar-refractivity contribution in [1.82, 2.24) is 10.6 Å². The summed E-state index contributed by atoms with van der Waals surface area (Å²) in [6, 6.07) is 105. The van der Waals surface area contributed by atoms with E-state index in [0.717, 1.165) is 100 Å². The van der Waals surface area contributed by atoms with Crippen molar-refractivity contribution in [3.05, 3.63) is 368 Å². The Morgan fingerprint density at radius 2 is 0.329 bits per heavy atom. The van der Waals surface area contributed by atoms with Crippen molar-refractivity contribution >= 4 is 27.1 Å². The summed E-state index contributed by atoms with van der Waals surface area (Å²) >= 11 is -1.02. The van der Waals surface area contributed by atoms with Gasteiger partial charge in [0.05, 0.1) is 0 Å². The topological polar surface area (TPSA) is 78.4 Å². The molecule has 0 aromatic heterocycles. The third-order valence-electron chi connectivity index (χ3n) is 31.2. The number of amides is 2. The summed E-state index contributed by atoms with van der Waals surface area (Å²) in [4.78, 5) is 32.7. The van der Waals surface area contributed by atoms with Gasteiger partial charge in [0.15, 0.2) is 0 Å². The van der Waals surface area contributed by atoms with E-state index in [0.29, 0.717) is 16.7 Å². The van der Waals surface area contributed by atoms with Crippen LogP contribution >= 0.6 is 0 Å². The second-order valence-corrected chi connectivity index (χ2v) is 48.7. The number of carbonyl (C=O) groups is 2. The van der Waals surface area contributed by atoms with Crippen LogP contribution in [-0.4, -0.2) is 44.4 Å². The molecule has 15 rings (SSSR count). The van der Waals surface area contributed by atoms with Crippen LogP contribution in [0.25, 0.3) is 156 Å². The standard InChI is InChI=1S/C143H166N2O3Se/c1-80(2)114-43-34-44-115(81(3)4)133(114)106-67-100(68-107(75-106)134-116(82(5)6)45-35-46-117(134)83(7)8)96-61-97(101-69-108(135-118(84(9)10)47-36-48-119(135)85(11)12)76-109(70-101)136-120(86(13)14)49-37-50-121(136)87(15)16)64-104(63-96)130-59-42-60-131(141(130)143(147)145-132(79-149-148)142(146)144-33)105-65-98(102-71-110(137-122(88(17)18)51-38-52-123(137)89(19)20)77-111(72-102)138-124(90(21)22)53-39-54-125(138)91(23)24)62-99(66-105)103-73-112(139-126(92(25)26)55-40-56-127(139)93(27)28)78-113(74-103)140-128(94(29)30)57-41-58-129(140)95(31)32/h34-78,80-95,132,148H,79H2,1-33H3,(H,144,146)(H,145,147)/t132-/m0/s1. The fourth-order valence-electron chi connectivity index (χ4n) is 23.6. The third kappa shape index (κ3) is 23.3. The molecular weight excluding hydrogens is 1870 g/mol. The molecule has 0 spiro atoms. The molecule has 3 N–H and O–H groups in total. The van der Waals surface area contributed by atoms with Crippen LogP contribution in [0.1, 0.15) is 416 Å². The predicted molar refractivity (Wildman–Crippen MR) is 646 cm³/mol. The SMILES string of the molecule is CNC(=O)[C@H](C[Se]O)NC(=O)c1c(-c2cc(-c3cc(-c4c(C(C)C)cccc4C(C)C)cc(-c4c(C(C)C)cccc4C(C)C)c3)cc(-c3cc(-c4c(C(C)C)cccc4C(C)C)cc(-c4c(C(C)C)cccc4C(C)C)c3)c2)cccc1-c1cc(-c2cc(-c3c(C(C)C)cccc3C(C)C)cc(-c3c(C(C)C)cccc3C(C)C)c2)cc(-c2cc(-c3c(C(C)C)cccc3C(C)C)cc(-c3c(C(C)C)cccc3C(C)C)c2)c1. The molecule has 0 aliphatic heterocycles. The Morgan fingerprint density at radius 3 is 0.463 bits per heavy atom. The predicted octanol–water partition coefficient (Wildman–Crippen LogP) is 40.9. The van der Waals surface area contributed by atoms with E-state index in [1.54, 1.807) is 7.05 Å². The molecule has 0 unspecified atom stereocenters. The number of carbonyl (C=O) groups excluding carboxylic acids is 2. The van der Waals surface area contributed by atoms with Crippen molar-refractivity contribution in [2.75, 3.05) is 7.05 Å². The molecule has 15 aromatic carbocycles. The summed E-state index contributed by atoms with van der Waals surface area (Å²) in [5.74, 6) is 2.30. The summed E-state index contributed by atoms with van der Waals surface area (Å²) in [6.07, 6.45) is 0. The van der Waals surface area contributed by atoms with Gasteiger partial charge in [-0.25, -0.2) is 0 Å². The Balaban J connectivity index is 1.18. The minimum absolute atomic E-state index is 0.0333. The van der Waals surface area contributed by atoms with Crippen LogP contribution in [0, 0.1) is 0 Å². The maximum atomic E-state index is 17.8. The normalized spacial score (nSPS) is 12.3. The molecular formula is C143H166N2O3Se. The Hall–Kier alpha value is -12.3. The first kappa shape index (κ1) is 111. The van der Waals surface area contributed by atoms with Crippen LogP contribution in [0.5, 0.6) is 0 Å². The van der Waals surface area contributed by atoms with Crippen molar-refractivity contribution < 1.29 is 13.8 Å². The number of rotatable bonds is 35. The summed E-state index contributed by atoms with van der Waals surface area (Å²) < 4.78 is 11.3. The Morgan fingerprint density at radius 1 is 0.201 bits per heavy atom. The van der Waals surface area contributed by atoms with Gasteiger partial charge < -0.3 is 0 Å². The van der Waals surface area contributed by atoms with Crippen molar-refractivity contribution in [1.29, 1.82) is 0 Å². The molecule has 0 radical (unpaired) electrons. The molecule has 0 bridgehead atoms. The third-order valence-corrected chi connectivity index (χ3v) is 32.3. The number of hydrogen-bond acceptors (Lipinski definition) is 3. The van der Waals surface area contributed by atoms with Gasteiger partial charge in [-0.2, -0.15) is 0 Å².